The van der Waals surface area contributed by atoms with Crippen molar-refractivity contribution in [3.8, 4) is 0 Å². The number of nitrogens with one attached hydrogen (secondary N) is 1. The zero-order valence-electron chi connectivity index (χ0n) is 11.2. The summed E-state index contributed by atoms with van der Waals surface area (Å²) in [5.41, 5.74) is 0.416. The first kappa shape index (κ1) is 13.9. The summed E-state index contributed by atoms with van der Waals surface area (Å²) < 4.78 is 5.10. The Morgan fingerprint density at radius 3 is 2.44 bits per heavy atom. The second-order valence-corrected chi connectivity index (χ2v) is 5.14. The average Bonchev–Trinajstić information content (AvgIpc) is 2.35. The Bertz CT molecular complexity index is 179. The highest BCUT2D eigenvalue weighted by Crippen LogP contribution is 2.30. The van der Waals surface area contributed by atoms with E-state index >= 15 is 0 Å². The highest BCUT2D eigenvalue weighted by Gasteiger charge is 2.29. The molecule has 0 heterocycles. The fourth-order valence-electron chi connectivity index (χ4n) is 2.62. The van der Waals surface area contributed by atoms with Crippen LogP contribution in [0, 0.1) is 0 Å². The van der Waals surface area contributed by atoms with Crippen molar-refractivity contribution in [2.24, 2.45) is 0 Å². The second-order valence-electron chi connectivity index (χ2n) is 5.14. The average molecular weight is 228 g/mol. The van der Waals surface area contributed by atoms with Crippen molar-refractivity contribution in [3.05, 3.63) is 0 Å². The Morgan fingerprint density at radius 1 is 1.19 bits per heavy atom. The van der Waals surface area contributed by atoms with Crippen LogP contribution in [0.1, 0.15) is 38.5 Å². The van der Waals surface area contributed by atoms with Crippen LogP contribution in [0.3, 0.4) is 0 Å². The van der Waals surface area contributed by atoms with Gasteiger partial charge in [0, 0.05) is 19.2 Å². The number of nitrogens with zero attached hydrogens (tertiary/aromatic N) is 1. The third-order valence-electron chi connectivity index (χ3n) is 3.99. The van der Waals surface area contributed by atoms with Gasteiger partial charge in [-0.3, -0.25) is 0 Å². The molecule has 0 aromatic heterocycles. The van der Waals surface area contributed by atoms with Gasteiger partial charge in [0.15, 0.2) is 0 Å². The van der Waals surface area contributed by atoms with Gasteiger partial charge in [-0.05, 0) is 39.9 Å². The molecule has 0 bridgehead atoms. The minimum atomic E-state index is 0.416. The molecule has 3 heteroatoms. The van der Waals surface area contributed by atoms with Gasteiger partial charge in [0.2, 0.25) is 0 Å². The van der Waals surface area contributed by atoms with Crippen LogP contribution in [0.15, 0.2) is 0 Å². The van der Waals surface area contributed by atoms with Crippen LogP contribution in [-0.4, -0.2) is 51.3 Å². The lowest BCUT2D eigenvalue weighted by atomic mass is 9.79. The summed E-state index contributed by atoms with van der Waals surface area (Å²) in [5.74, 6) is 0. The molecular formula is C13H28N2O. The number of hydrogen-bond acceptors (Lipinski definition) is 3. The Morgan fingerprint density at radius 2 is 1.88 bits per heavy atom. The van der Waals surface area contributed by atoms with E-state index in [1.165, 1.54) is 45.1 Å². The number of hydrogen-bond donors (Lipinski definition) is 1. The minimum Gasteiger partial charge on any atom is -0.383 e. The molecule has 0 spiro atoms. The molecule has 0 aromatic rings. The van der Waals surface area contributed by atoms with E-state index in [-0.39, 0.29) is 0 Å². The summed E-state index contributed by atoms with van der Waals surface area (Å²) in [7, 11) is 6.08. The summed E-state index contributed by atoms with van der Waals surface area (Å²) in [5, 5.41) is 3.57. The zero-order valence-corrected chi connectivity index (χ0v) is 11.2. The van der Waals surface area contributed by atoms with Gasteiger partial charge in [-0.1, -0.05) is 19.3 Å². The normalized spacial score (nSPS) is 20.2. The molecule has 1 aliphatic rings. The van der Waals surface area contributed by atoms with Gasteiger partial charge in [0.1, 0.15) is 0 Å². The van der Waals surface area contributed by atoms with Crippen LogP contribution in [0.4, 0.5) is 0 Å². The van der Waals surface area contributed by atoms with E-state index in [2.05, 4.69) is 24.3 Å². The van der Waals surface area contributed by atoms with Crippen LogP contribution in [0.2, 0.25) is 0 Å². The third kappa shape index (κ3) is 4.40. The van der Waals surface area contributed by atoms with Gasteiger partial charge in [0.25, 0.3) is 0 Å². The van der Waals surface area contributed by atoms with Gasteiger partial charge < -0.3 is 15.0 Å². The van der Waals surface area contributed by atoms with Gasteiger partial charge >= 0.3 is 0 Å². The molecule has 1 fully saturated rings. The standard InChI is InChI=1S/C13H28N2O/c1-14-13(7-5-4-6-8-13)9-10-15(2)11-12-16-3/h14H,4-12H2,1-3H3. The van der Waals surface area contributed by atoms with E-state index in [4.69, 9.17) is 4.74 Å². The molecular weight excluding hydrogens is 200 g/mol. The molecule has 0 aliphatic heterocycles. The van der Waals surface area contributed by atoms with Crippen LogP contribution >= 0.6 is 0 Å². The largest absolute Gasteiger partial charge is 0.383 e. The molecule has 0 amide bonds. The molecule has 1 rings (SSSR count). The summed E-state index contributed by atoms with van der Waals surface area (Å²) in [6, 6.07) is 0. The van der Waals surface area contributed by atoms with Crippen molar-refractivity contribution in [2.45, 2.75) is 44.1 Å². The van der Waals surface area contributed by atoms with E-state index in [1.807, 2.05) is 0 Å². The number of rotatable bonds is 7. The zero-order chi connectivity index (χ0) is 11.9. The topological polar surface area (TPSA) is 24.5 Å². The number of likely N-dealkylation sites (N-methyl/N-ethyl adjacent to an activating group) is 1. The van der Waals surface area contributed by atoms with Crippen molar-refractivity contribution in [2.75, 3.05) is 40.9 Å². The minimum absolute atomic E-state index is 0.416. The molecule has 1 saturated carbocycles. The Kier molecular flexibility index (Phi) is 6.32. The van der Waals surface area contributed by atoms with Gasteiger partial charge in [-0.2, -0.15) is 0 Å². The maximum atomic E-state index is 5.10. The Labute approximate surface area is 101 Å². The monoisotopic (exact) mass is 228 g/mol. The van der Waals surface area contributed by atoms with E-state index in [0.29, 0.717) is 5.54 Å². The summed E-state index contributed by atoms with van der Waals surface area (Å²) >= 11 is 0. The predicted octanol–water partition coefficient (Wildman–Crippen LogP) is 1.88. The molecule has 16 heavy (non-hydrogen) atoms. The Balaban J connectivity index is 2.27. The Hall–Kier alpha value is -0.120. The van der Waals surface area contributed by atoms with Crippen LogP contribution in [0.5, 0.6) is 0 Å². The highest BCUT2D eigenvalue weighted by molar-refractivity contribution is 4.90. The van der Waals surface area contributed by atoms with Crippen molar-refractivity contribution >= 4 is 0 Å². The first-order chi connectivity index (χ1) is 7.72. The van der Waals surface area contributed by atoms with E-state index in [0.717, 1.165) is 13.2 Å². The van der Waals surface area contributed by atoms with Gasteiger partial charge in [-0.25, -0.2) is 0 Å². The molecule has 0 aromatic carbocycles. The summed E-state index contributed by atoms with van der Waals surface area (Å²) in [6.45, 7) is 3.05. The third-order valence-corrected chi connectivity index (χ3v) is 3.99. The molecule has 0 atom stereocenters. The number of methoxy groups -OCH3 is 1. The van der Waals surface area contributed by atoms with Crippen molar-refractivity contribution in [3.63, 3.8) is 0 Å². The van der Waals surface area contributed by atoms with Gasteiger partial charge in [-0.15, -0.1) is 0 Å². The lowest BCUT2D eigenvalue weighted by molar-refractivity contribution is 0.145. The summed E-state index contributed by atoms with van der Waals surface area (Å²) in [4.78, 5) is 2.37. The first-order valence-corrected chi connectivity index (χ1v) is 6.59. The fraction of sp³-hybridized carbons (Fsp3) is 1.00. The second kappa shape index (κ2) is 7.25. The number of ether oxygens (including phenoxy) is 1. The van der Waals surface area contributed by atoms with Crippen molar-refractivity contribution < 1.29 is 4.74 Å². The van der Waals surface area contributed by atoms with Crippen LogP contribution < -0.4 is 5.32 Å². The molecule has 0 radical (unpaired) electrons. The molecule has 0 saturated heterocycles. The highest BCUT2D eigenvalue weighted by atomic mass is 16.5. The quantitative estimate of drug-likeness (QED) is 0.720. The van der Waals surface area contributed by atoms with Crippen LogP contribution in [0.25, 0.3) is 0 Å². The van der Waals surface area contributed by atoms with Crippen molar-refractivity contribution in [1.82, 2.24) is 10.2 Å². The first-order valence-electron chi connectivity index (χ1n) is 6.59. The summed E-state index contributed by atoms with van der Waals surface area (Å²) in [6.07, 6.45) is 8.17. The molecule has 1 aliphatic carbocycles. The lowest BCUT2D eigenvalue weighted by Crippen LogP contribution is -2.46. The fourth-order valence-corrected chi connectivity index (χ4v) is 2.62. The van der Waals surface area contributed by atoms with Crippen LogP contribution in [-0.2, 0) is 4.74 Å². The SMILES string of the molecule is CNC1(CCN(C)CCOC)CCCCC1. The maximum Gasteiger partial charge on any atom is 0.0589 e. The molecule has 0 unspecified atom stereocenters. The van der Waals surface area contributed by atoms with Crippen molar-refractivity contribution in [1.29, 1.82) is 0 Å². The molecule has 1 N–H and O–H groups in total. The molecule has 96 valence electrons. The maximum absolute atomic E-state index is 5.10. The van der Waals surface area contributed by atoms with E-state index in [1.54, 1.807) is 7.11 Å². The van der Waals surface area contributed by atoms with Gasteiger partial charge in [0.05, 0.1) is 6.61 Å². The smallest absolute Gasteiger partial charge is 0.0589 e. The van der Waals surface area contributed by atoms with E-state index < -0.39 is 0 Å². The predicted molar refractivity (Wildman–Crippen MR) is 68.9 cm³/mol. The lowest BCUT2D eigenvalue weighted by Gasteiger charge is -2.38. The molecule has 3 nitrogen and oxygen atoms in total. The van der Waals surface area contributed by atoms with E-state index in [9.17, 15) is 0 Å².